The number of benzene rings is 2. The highest BCUT2D eigenvalue weighted by molar-refractivity contribution is 5.93. The van der Waals surface area contributed by atoms with Gasteiger partial charge in [-0.2, -0.15) is 0 Å². The SMILES string of the molecule is COc1ccccc1NC(=O)CN(CCO)C1CCc2ccccc21. The van der Waals surface area contributed by atoms with E-state index in [-0.39, 0.29) is 25.1 Å². The molecule has 2 aromatic carbocycles. The Kier molecular flexibility index (Phi) is 5.68. The van der Waals surface area contributed by atoms with Crippen molar-refractivity contribution >= 4 is 11.6 Å². The lowest BCUT2D eigenvalue weighted by Crippen LogP contribution is -2.37. The average molecular weight is 340 g/mol. The third-order valence-corrected chi connectivity index (χ3v) is 4.66. The number of nitrogens with zero attached hydrogens (tertiary/aromatic N) is 1. The van der Waals surface area contributed by atoms with Crippen LogP contribution in [0.2, 0.25) is 0 Å². The van der Waals surface area contributed by atoms with E-state index in [1.54, 1.807) is 7.11 Å². The van der Waals surface area contributed by atoms with Gasteiger partial charge < -0.3 is 15.2 Å². The number of fused-ring (bicyclic) bond motifs is 1. The van der Waals surface area contributed by atoms with Crippen LogP contribution in [0.5, 0.6) is 5.75 Å². The van der Waals surface area contributed by atoms with Gasteiger partial charge in [-0.15, -0.1) is 0 Å². The van der Waals surface area contributed by atoms with Crippen LogP contribution in [0.25, 0.3) is 0 Å². The number of rotatable bonds is 7. The zero-order chi connectivity index (χ0) is 17.6. The number of para-hydroxylation sites is 2. The van der Waals surface area contributed by atoms with Gasteiger partial charge in [-0.25, -0.2) is 0 Å². The number of hydrogen-bond donors (Lipinski definition) is 2. The van der Waals surface area contributed by atoms with Gasteiger partial charge in [0.05, 0.1) is 25.9 Å². The Bertz CT molecular complexity index is 732. The van der Waals surface area contributed by atoms with Crippen molar-refractivity contribution in [2.24, 2.45) is 0 Å². The summed E-state index contributed by atoms with van der Waals surface area (Å²) in [4.78, 5) is 14.6. The quantitative estimate of drug-likeness (QED) is 0.813. The predicted molar refractivity (Wildman–Crippen MR) is 97.8 cm³/mol. The maximum atomic E-state index is 12.5. The zero-order valence-corrected chi connectivity index (χ0v) is 14.4. The molecule has 0 aliphatic heterocycles. The van der Waals surface area contributed by atoms with Crippen LogP contribution in [0.1, 0.15) is 23.6 Å². The summed E-state index contributed by atoms with van der Waals surface area (Å²) in [6, 6.07) is 15.9. The minimum atomic E-state index is -0.109. The van der Waals surface area contributed by atoms with Crippen LogP contribution in [0.15, 0.2) is 48.5 Å². The number of aryl methyl sites for hydroxylation is 1. The summed E-state index contributed by atoms with van der Waals surface area (Å²) < 4.78 is 5.28. The molecule has 0 saturated heterocycles. The van der Waals surface area contributed by atoms with E-state index in [1.165, 1.54) is 11.1 Å². The number of ether oxygens (including phenoxy) is 1. The number of carbonyl (C=O) groups is 1. The van der Waals surface area contributed by atoms with Crippen molar-refractivity contribution in [1.29, 1.82) is 0 Å². The number of aliphatic hydroxyl groups excluding tert-OH is 1. The number of hydrogen-bond acceptors (Lipinski definition) is 4. The number of anilines is 1. The van der Waals surface area contributed by atoms with Crippen molar-refractivity contribution in [3.63, 3.8) is 0 Å². The minimum Gasteiger partial charge on any atom is -0.495 e. The van der Waals surface area contributed by atoms with E-state index in [0.717, 1.165) is 12.8 Å². The summed E-state index contributed by atoms with van der Waals surface area (Å²) in [6.45, 7) is 0.733. The normalized spacial score (nSPS) is 15.9. The van der Waals surface area contributed by atoms with Gasteiger partial charge in [-0.05, 0) is 36.1 Å². The van der Waals surface area contributed by atoms with Crippen molar-refractivity contribution in [2.45, 2.75) is 18.9 Å². The Morgan fingerprint density at radius 1 is 1.24 bits per heavy atom. The summed E-state index contributed by atoms with van der Waals surface area (Å²) in [5, 5.41) is 12.3. The second-order valence-electron chi connectivity index (χ2n) is 6.20. The monoisotopic (exact) mass is 340 g/mol. The molecule has 0 heterocycles. The lowest BCUT2D eigenvalue weighted by Gasteiger charge is -2.28. The van der Waals surface area contributed by atoms with Crippen molar-refractivity contribution in [3.8, 4) is 5.75 Å². The summed E-state index contributed by atoms with van der Waals surface area (Å²) >= 11 is 0. The lowest BCUT2D eigenvalue weighted by atomic mass is 10.1. The van der Waals surface area contributed by atoms with Gasteiger partial charge in [0.25, 0.3) is 0 Å². The van der Waals surface area contributed by atoms with Crippen LogP contribution >= 0.6 is 0 Å². The molecule has 0 radical (unpaired) electrons. The highest BCUT2D eigenvalue weighted by Crippen LogP contribution is 2.35. The maximum Gasteiger partial charge on any atom is 0.238 e. The summed E-state index contributed by atoms with van der Waals surface area (Å²) in [5.41, 5.74) is 3.26. The smallest absolute Gasteiger partial charge is 0.238 e. The molecule has 132 valence electrons. The van der Waals surface area contributed by atoms with Gasteiger partial charge in [0, 0.05) is 12.6 Å². The molecule has 1 amide bonds. The first kappa shape index (κ1) is 17.5. The van der Waals surface area contributed by atoms with Gasteiger partial charge in [0.15, 0.2) is 0 Å². The van der Waals surface area contributed by atoms with E-state index in [0.29, 0.717) is 18.0 Å². The standard InChI is InChI=1S/C20H24N2O3/c1-25-19-9-5-4-8-17(19)21-20(24)14-22(12-13-23)18-11-10-15-6-2-3-7-16(15)18/h2-9,18,23H,10-14H2,1H3,(H,21,24). The van der Waals surface area contributed by atoms with Crippen molar-refractivity contribution in [3.05, 3.63) is 59.7 Å². The molecule has 5 nitrogen and oxygen atoms in total. The Morgan fingerprint density at radius 3 is 2.80 bits per heavy atom. The third kappa shape index (κ3) is 4.00. The topological polar surface area (TPSA) is 61.8 Å². The second kappa shape index (κ2) is 8.14. The van der Waals surface area contributed by atoms with Gasteiger partial charge in [-0.3, -0.25) is 9.69 Å². The molecule has 0 saturated carbocycles. The Morgan fingerprint density at radius 2 is 2.00 bits per heavy atom. The molecule has 3 rings (SSSR count). The zero-order valence-electron chi connectivity index (χ0n) is 14.4. The average Bonchev–Trinajstić information content (AvgIpc) is 3.06. The predicted octanol–water partition coefficient (Wildman–Crippen LogP) is 2.62. The Balaban J connectivity index is 1.71. The number of methoxy groups -OCH3 is 1. The molecule has 1 aliphatic rings. The Labute approximate surface area is 148 Å². The fraction of sp³-hybridized carbons (Fsp3) is 0.350. The lowest BCUT2D eigenvalue weighted by molar-refractivity contribution is -0.118. The Hall–Kier alpha value is -2.37. The molecule has 2 aromatic rings. The first-order valence-corrected chi connectivity index (χ1v) is 8.58. The van der Waals surface area contributed by atoms with Gasteiger partial charge in [0.2, 0.25) is 5.91 Å². The molecule has 1 atom stereocenters. The molecule has 0 spiro atoms. The van der Waals surface area contributed by atoms with Crippen LogP contribution < -0.4 is 10.1 Å². The summed E-state index contributed by atoms with van der Waals surface area (Å²) in [5.74, 6) is 0.526. The molecule has 0 bridgehead atoms. The van der Waals surface area contributed by atoms with Crippen molar-refractivity contribution in [2.75, 3.05) is 32.1 Å². The minimum absolute atomic E-state index is 0.0284. The van der Waals surface area contributed by atoms with E-state index >= 15 is 0 Å². The number of amides is 1. The molecular weight excluding hydrogens is 316 g/mol. The van der Waals surface area contributed by atoms with Gasteiger partial charge in [-0.1, -0.05) is 36.4 Å². The second-order valence-corrected chi connectivity index (χ2v) is 6.20. The van der Waals surface area contributed by atoms with E-state index in [9.17, 15) is 9.90 Å². The maximum absolute atomic E-state index is 12.5. The highest BCUT2D eigenvalue weighted by atomic mass is 16.5. The van der Waals surface area contributed by atoms with Crippen LogP contribution in [0.4, 0.5) is 5.69 Å². The van der Waals surface area contributed by atoms with Gasteiger partial charge >= 0.3 is 0 Å². The van der Waals surface area contributed by atoms with E-state index < -0.39 is 0 Å². The molecular formula is C20H24N2O3. The van der Waals surface area contributed by atoms with E-state index in [2.05, 4.69) is 22.3 Å². The molecule has 2 N–H and O–H groups in total. The fourth-order valence-electron chi connectivity index (χ4n) is 3.51. The molecule has 5 heteroatoms. The van der Waals surface area contributed by atoms with Crippen molar-refractivity contribution in [1.82, 2.24) is 4.90 Å². The molecule has 0 aromatic heterocycles. The first-order valence-electron chi connectivity index (χ1n) is 8.58. The largest absolute Gasteiger partial charge is 0.495 e. The first-order chi connectivity index (χ1) is 12.2. The highest BCUT2D eigenvalue weighted by Gasteiger charge is 2.28. The molecule has 1 unspecified atom stereocenters. The van der Waals surface area contributed by atoms with E-state index in [4.69, 9.17) is 4.74 Å². The number of aliphatic hydroxyl groups is 1. The molecule has 25 heavy (non-hydrogen) atoms. The molecule has 0 fully saturated rings. The van der Waals surface area contributed by atoms with Gasteiger partial charge in [0.1, 0.15) is 5.75 Å². The van der Waals surface area contributed by atoms with Crippen LogP contribution in [-0.4, -0.2) is 42.7 Å². The van der Waals surface area contributed by atoms with Crippen LogP contribution in [0, 0.1) is 0 Å². The summed E-state index contributed by atoms with van der Waals surface area (Å²) in [7, 11) is 1.58. The molecule has 1 aliphatic carbocycles. The summed E-state index contributed by atoms with van der Waals surface area (Å²) in [6.07, 6.45) is 1.98. The number of nitrogens with one attached hydrogen (secondary N) is 1. The van der Waals surface area contributed by atoms with E-state index in [1.807, 2.05) is 36.4 Å². The van der Waals surface area contributed by atoms with Crippen LogP contribution in [-0.2, 0) is 11.2 Å². The fourth-order valence-corrected chi connectivity index (χ4v) is 3.51. The third-order valence-electron chi connectivity index (χ3n) is 4.66. The van der Waals surface area contributed by atoms with Crippen LogP contribution in [0.3, 0.4) is 0 Å². The number of carbonyl (C=O) groups excluding carboxylic acids is 1. The van der Waals surface area contributed by atoms with Crippen molar-refractivity contribution < 1.29 is 14.6 Å².